The first kappa shape index (κ1) is 15.4. The predicted molar refractivity (Wildman–Crippen MR) is 62.5 cm³/mol. The van der Waals surface area contributed by atoms with Crippen molar-refractivity contribution >= 4 is 22.6 Å². The molecular formula is C9H17F3INO. The zero-order valence-electron chi connectivity index (χ0n) is 8.58. The highest BCUT2D eigenvalue weighted by atomic mass is 127. The maximum absolute atomic E-state index is 11.6. The van der Waals surface area contributed by atoms with Crippen LogP contribution in [0.1, 0.15) is 19.3 Å². The predicted octanol–water partition coefficient (Wildman–Crippen LogP) is 2.76. The van der Waals surface area contributed by atoms with E-state index >= 15 is 0 Å². The van der Waals surface area contributed by atoms with Crippen molar-refractivity contribution in [3.63, 3.8) is 0 Å². The average molecular weight is 339 g/mol. The molecule has 0 spiro atoms. The van der Waals surface area contributed by atoms with Gasteiger partial charge in [-0.15, -0.1) is 0 Å². The minimum absolute atomic E-state index is 0.165. The van der Waals surface area contributed by atoms with E-state index in [1.54, 1.807) is 0 Å². The molecule has 0 bridgehead atoms. The van der Waals surface area contributed by atoms with Gasteiger partial charge < -0.3 is 10.1 Å². The maximum atomic E-state index is 11.6. The molecule has 0 aliphatic rings. The molecule has 0 aliphatic heterocycles. The summed E-state index contributed by atoms with van der Waals surface area (Å²) in [5.74, 6) is 0. The zero-order chi connectivity index (χ0) is 11.6. The van der Waals surface area contributed by atoms with Crippen LogP contribution >= 0.6 is 22.6 Å². The minimum atomic E-state index is -4.20. The van der Waals surface area contributed by atoms with Crippen molar-refractivity contribution in [2.24, 2.45) is 0 Å². The highest BCUT2D eigenvalue weighted by molar-refractivity contribution is 14.1. The van der Waals surface area contributed by atoms with Gasteiger partial charge >= 0.3 is 6.18 Å². The van der Waals surface area contributed by atoms with Crippen LogP contribution < -0.4 is 5.32 Å². The van der Waals surface area contributed by atoms with Crippen LogP contribution in [0.4, 0.5) is 13.2 Å². The number of ether oxygens (including phenoxy) is 1. The summed E-state index contributed by atoms with van der Waals surface area (Å²) in [7, 11) is 0. The van der Waals surface area contributed by atoms with Gasteiger partial charge in [0.1, 0.15) is 6.61 Å². The van der Waals surface area contributed by atoms with Gasteiger partial charge in [0.2, 0.25) is 0 Å². The molecule has 0 unspecified atom stereocenters. The number of nitrogens with one attached hydrogen (secondary N) is 1. The highest BCUT2D eigenvalue weighted by Gasteiger charge is 2.26. The Hall–Kier alpha value is 0.440. The van der Waals surface area contributed by atoms with Gasteiger partial charge in [-0.05, 0) is 36.8 Å². The molecule has 0 aromatic heterocycles. The summed E-state index contributed by atoms with van der Waals surface area (Å²) in [6, 6.07) is 0. The Balaban J connectivity index is 2.99. The van der Waals surface area contributed by atoms with E-state index < -0.39 is 12.8 Å². The van der Waals surface area contributed by atoms with Crippen molar-refractivity contribution in [2.75, 3.05) is 30.7 Å². The normalized spacial score (nSPS) is 12.0. The van der Waals surface area contributed by atoms with Crippen LogP contribution in [0.3, 0.4) is 0 Å². The van der Waals surface area contributed by atoms with Gasteiger partial charge in [0.15, 0.2) is 0 Å². The van der Waals surface area contributed by atoms with Crippen LogP contribution in [-0.2, 0) is 4.74 Å². The second-order valence-corrected chi connectivity index (χ2v) is 4.25. The Bertz CT molecular complexity index is 144. The SMILES string of the molecule is FC(F)(F)COCCCNCCCCI. The van der Waals surface area contributed by atoms with Crippen LogP contribution in [0.15, 0.2) is 0 Å². The molecule has 0 fully saturated rings. The number of halogens is 4. The molecular weight excluding hydrogens is 322 g/mol. The molecule has 2 nitrogen and oxygen atoms in total. The zero-order valence-corrected chi connectivity index (χ0v) is 10.7. The first-order chi connectivity index (χ1) is 7.06. The van der Waals surface area contributed by atoms with Crippen molar-refractivity contribution in [3.8, 4) is 0 Å². The third-order valence-corrected chi connectivity index (χ3v) is 2.41. The third kappa shape index (κ3) is 14.4. The molecule has 0 radical (unpaired) electrons. The third-order valence-electron chi connectivity index (χ3n) is 1.65. The molecule has 0 aliphatic carbocycles. The van der Waals surface area contributed by atoms with Crippen molar-refractivity contribution < 1.29 is 17.9 Å². The molecule has 0 heterocycles. The summed E-state index contributed by atoms with van der Waals surface area (Å²) in [5, 5.41) is 3.15. The molecule has 15 heavy (non-hydrogen) atoms. The van der Waals surface area contributed by atoms with Crippen LogP contribution in [0.5, 0.6) is 0 Å². The van der Waals surface area contributed by atoms with Gasteiger partial charge in [-0.25, -0.2) is 0 Å². The Morgan fingerprint density at radius 3 is 2.33 bits per heavy atom. The van der Waals surface area contributed by atoms with Gasteiger partial charge in [0, 0.05) is 6.61 Å². The molecule has 0 aromatic rings. The average Bonchev–Trinajstić information content (AvgIpc) is 2.14. The van der Waals surface area contributed by atoms with Crippen LogP contribution in [0, 0.1) is 0 Å². The number of rotatable bonds is 9. The standard InChI is InChI=1S/C9H17F3INO/c10-9(11,12)8-15-7-3-6-14-5-2-1-4-13/h14H,1-8H2. The topological polar surface area (TPSA) is 21.3 Å². The fourth-order valence-corrected chi connectivity index (χ4v) is 1.50. The quantitative estimate of drug-likeness (QED) is 0.396. The molecule has 92 valence electrons. The molecule has 6 heteroatoms. The first-order valence-corrected chi connectivity index (χ1v) is 6.50. The smallest absolute Gasteiger partial charge is 0.372 e. The summed E-state index contributed by atoms with van der Waals surface area (Å²) >= 11 is 2.32. The van der Waals surface area contributed by atoms with E-state index in [-0.39, 0.29) is 6.61 Å². The van der Waals surface area contributed by atoms with E-state index in [1.807, 2.05) is 0 Å². The van der Waals surface area contributed by atoms with E-state index in [1.165, 1.54) is 6.42 Å². The summed E-state index contributed by atoms with van der Waals surface area (Å²) in [6.07, 6.45) is -1.28. The monoisotopic (exact) mass is 339 g/mol. The van der Waals surface area contributed by atoms with Crippen LogP contribution in [0.25, 0.3) is 0 Å². The Kier molecular flexibility index (Phi) is 9.93. The van der Waals surface area contributed by atoms with Gasteiger partial charge in [0.05, 0.1) is 0 Å². The number of unbranched alkanes of at least 4 members (excludes halogenated alkanes) is 1. The summed E-state index contributed by atoms with van der Waals surface area (Å²) in [5.41, 5.74) is 0. The lowest BCUT2D eigenvalue weighted by molar-refractivity contribution is -0.173. The molecule has 0 aromatic carbocycles. The van der Waals surface area contributed by atoms with Crippen molar-refractivity contribution in [2.45, 2.75) is 25.4 Å². The molecule has 0 rings (SSSR count). The van der Waals surface area contributed by atoms with Crippen molar-refractivity contribution in [1.82, 2.24) is 5.32 Å². The van der Waals surface area contributed by atoms with Crippen LogP contribution in [0.2, 0.25) is 0 Å². The minimum Gasteiger partial charge on any atom is -0.372 e. The molecule has 0 atom stereocenters. The van der Waals surface area contributed by atoms with E-state index in [2.05, 4.69) is 32.6 Å². The first-order valence-electron chi connectivity index (χ1n) is 4.97. The van der Waals surface area contributed by atoms with Crippen molar-refractivity contribution in [1.29, 1.82) is 0 Å². The van der Waals surface area contributed by atoms with Crippen LogP contribution in [-0.4, -0.2) is 36.9 Å². The van der Waals surface area contributed by atoms with E-state index in [4.69, 9.17) is 0 Å². The van der Waals surface area contributed by atoms with Gasteiger partial charge in [-0.3, -0.25) is 0 Å². The summed E-state index contributed by atoms with van der Waals surface area (Å²) in [6.45, 7) is 0.683. The molecule has 0 saturated heterocycles. The second-order valence-electron chi connectivity index (χ2n) is 3.17. The Morgan fingerprint density at radius 2 is 1.73 bits per heavy atom. The second kappa shape index (κ2) is 9.65. The Morgan fingerprint density at radius 1 is 1.07 bits per heavy atom. The Labute approximate surface area is 102 Å². The number of alkyl halides is 4. The van der Waals surface area contributed by atoms with E-state index in [0.29, 0.717) is 6.42 Å². The summed E-state index contributed by atoms with van der Waals surface area (Å²) in [4.78, 5) is 0. The van der Waals surface area contributed by atoms with Gasteiger partial charge in [0.25, 0.3) is 0 Å². The van der Waals surface area contributed by atoms with Crippen molar-refractivity contribution in [3.05, 3.63) is 0 Å². The lowest BCUT2D eigenvalue weighted by atomic mass is 10.3. The number of hydrogen-bond donors (Lipinski definition) is 1. The van der Waals surface area contributed by atoms with Gasteiger partial charge in [-0.2, -0.15) is 13.2 Å². The fraction of sp³-hybridized carbons (Fsp3) is 1.00. The molecule has 1 N–H and O–H groups in total. The maximum Gasteiger partial charge on any atom is 0.411 e. The molecule has 0 saturated carbocycles. The van der Waals surface area contributed by atoms with Gasteiger partial charge in [-0.1, -0.05) is 22.6 Å². The van der Waals surface area contributed by atoms with E-state index in [9.17, 15) is 13.2 Å². The lowest BCUT2D eigenvalue weighted by Crippen LogP contribution is -2.21. The fourth-order valence-electron chi connectivity index (χ4n) is 0.957. The summed E-state index contributed by atoms with van der Waals surface area (Å²) < 4.78 is 40.5. The highest BCUT2D eigenvalue weighted by Crippen LogP contribution is 2.14. The molecule has 0 amide bonds. The largest absolute Gasteiger partial charge is 0.411 e. The van der Waals surface area contributed by atoms with E-state index in [0.717, 1.165) is 23.9 Å². The lowest BCUT2D eigenvalue weighted by Gasteiger charge is -2.07. The number of hydrogen-bond acceptors (Lipinski definition) is 2.